The van der Waals surface area contributed by atoms with Gasteiger partial charge in [0.1, 0.15) is 11.9 Å². The molecule has 2 amide bonds. The van der Waals surface area contributed by atoms with Crippen molar-refractivity contribution in [1.82, 2.24) is 10.3 Å². The molecule has 0 fully saturated rings. The third kappa shape index (κ3) is 4.57. The topological polar surface area (TPSA) is 80.3 Å². The number of thiazole rings is 1. The third-order valence-corrected chi connectivity index (χ3v) is 4.70. The summed E-state index contributed by atoms with van der Waals surface area (Å²) in [6.07, 6.45) is 0.962. The fourth-order valence-corrected chi connectivity index (χ4v) is 3.23. The second-order valence-corrected chi connectivity index (χ2v) is 7.18. The van der Waals surface area contributed by atoms with Crippen LogP contribution in [0.15, 0.2) is 29.6 Å². The minimum atomic E-state index is -0.105. The zero-order valence-electron chi connectivity index (χ0n) is 14.2. The van der Waals surface area contributed by atoms with E-state index in [-0.39, 0.29) is 30.3 Å². The predicted octanol–water partition coefficient (Wildman–Crippen LogP) is 2.40. The summed E-state index contributed by atoms with van der Waals surface area (Å²) in [7, 11) is 0. The highest BCUT2D eigenvalue weighted by atomic mass is 32.1. The Hall–Kier alpha value is -2.41. The zero-order chi connectivity index (χ0) is 17.8. The standard InChI is InChI=1S/C18H21N3O3S/c1-11(2)17(23)21-18-20-13(10-25-18)8-16(22)19-9-14-7-12-5-3-4-6-15(12)24-14/h3-6,10-11,14H,7-9H2,1-2H3,(H,19,22)(H,20,21,23)/t14-/m1/s1. The fourth-order valence-electron chi connectivity index (χ4n) is 2.52. The van der Waals surface area contributed by atoms with Crippen molar-refractivity contribution in [2.75, 3.05) is 11.9 Å². The van der Waals surface area contributed by atoms with Crippen LogP contribution in [0, 0.1) is 5.92 Å². The van der Waals surface area contributed by atoms with Crippen LogP contribution in [-0.2, 0) is 22.4 Å². The molecule has 0 spiro atoms. The van der Waals surface area contributed by atoms with E-state index in [1.807, 2.05) is 38.1 Å². The lowest BCUT2D eigenvalue weighted by Crippen LogP contribution is -2.35. The molecule has 0 bridgehead atoms. The molecule has 1 atom stereocenters. The number of nitrogens with zero attached hydrogens (tertiary/aromatic N) is 1. The van der Waals surface area contributed by atoms with Crippen molar-refractivity contribution in [3.63, 3.8) is 0 Å². The third-order valence-electron chi connectivity index (χ3n) is 3.89. The molecule has 2 aromatic rings. The molecule has 0 saturated carbocycles. The van der Waals surface area contributed by atoms with Crippen LogP contribution in [0.1, 0.15) is 25.1 Å². The van der Waals surface area contributed by atoms with E-state index in [1.54, 1.807) is 5.38 Å². The summed E-state index contributed by atoms with van der Waals surface area (Å²) < 4.78 is 5.80. The van der Waals surface area contributed by atoms with Gasteiger partial charge in [0.2, 0.25) is 11.8 Å². The lowest BCUT2D eigenvalue weighted by molar-refractivity contribution is -0.121. The molecule has 0 unspecified atom stereocenters. The Balaban J connectivity index is 1.44. The normalized spacial score (nSPS) is 15.6. The van der Waals surface area contributed by atoms with Gasteiger partial charge in [0.05, 0.1) is 18.7 Å². The first-order chi connectivity index (χ1) is 12.0. The summed E-state index contributed by atoms with van der Waals surface area (Å²) in [5, 5.41) is 7.94. The quantitative estimate of drug-likeness (QED) is 0.830. The fraction of sp³-hybridized carbons (Fsp3) is 0.389. The molecular weight excluding hydrogens is 338 g/mol. The summed E-state index contributed by atoms with van der Waals surface area (Å²) in [6.45, 7) is 4.11. The van der Waals surface area contributed by atoms with Gasteiger partial charge in [-0.15, -0.1) is 11.3 Å². The van der Waals surface area contributed by atoms with Crippen LogP contribution >= 0.6 is 11.3 Å². The van der Waals surface area contributed by atoms with Crippen LogP contribution in [0.4, 0.5) is 5.13 Å². The van der Waals surface area contributed by atoms with Crippen molar-refractivity contribution in [2.45, 2.75) is 32.8 Å². The van der Waals surface area contributed by atoms with Gasteiger partial charge in [-0.05, 0) is 11.6 Å². The summed E-state index contributed by atoms with van der Waals surface area (Å²) in [5.41, 5.74) is 1.82. The highest BCUT2D eigenvalue weighted by molar-refractivity contribution is 7.13. The first-order valence-electron chi connectivity index (χ1n) is 8.28. The predicted molar refractivity (Wildman–Crippen MR) is 96.9 cm³/mol. The summed E-state index contributed by atoms with van der Waals surface area (Å²) in [6, 6.07) is 7.91. The van der Waals surface area contributed by atoms with Crippen LogP contribution in [0.5, 0.6) is 5.75 Å². The second-order valence-electron chi connectivity index (χ2n) is 6.32. The van der Waals surface area contributed by atoms with Gasteiger partial charge >= 0.3 is 0 Å². The summed E-state index contributed by atoms with van der Waals surface area (Å²) in [5.74, 6) is 0.605. The molecule has 25 heavy (non-hydrogen) atoms. The van der Waals surface area contributed by atoms with Crippen LogP contribution in [0.25, 0.3) is 0 Å². The van der Waals surface area contributed by atoms with E-state index in [1.165, 1.54) is 16.9 Å². The van der Waals surface area contributed by atoms with Crippen LogP contribution < -0.4 is 15.4 Å². The van der Waals surface area contributed by atoms with Crippen molar-refractivity contribution in [3.8, 4) is 5.75 Å². The van der Waals surface area contributed by atoms with Gasteiger partial charge in [0, 0.05) is 17.7 Å². The van der Waals surface area contributed by atoms with Gasteiger partial charge in [-0.2, -0.15) is 0 Å². The molecule has 2 N–H and O–H groups in total. The van der Waals surface area contributed by atoms with Gasteiger partial charge < -0.3 is 15.4 Å². The van der Waals surface area contributed by atoms with Crippen molar-refractivity contribution in [3.05, 3.63) is 40.9 Å². The number of carbonyl (C=O) groups excluding carboxylic acids is 2. The number of amides is 2. The molecule has 0 saturated heterocycles. The van der Waals surface area contributed by atoms with E-state index >= 15 is 0 Å². The number of hydrogen-bond donors (Lipinski definition) is 2. The zero-order valence-corrected chi connectivity index (χ0v) is 15.1. The number of para-hydroxylation sites is 1. The maximum absolute atomic E-state index is 12.1. The molecule has 1 aromatic heterocycles. The first kappa shape index (κ1) is 17.4. The van der Waals surface area contributed by atoms with E-state index < -0.39 is 0 Å². The SMILES string of the molecule is CC(C)C(=O)Nc1nc(CC(=O)NC[C@H]2Cc3ccccc3O2)cs1. The number of carbonyl (C=O) groups is 2. The molecular formula is C18H21N3O3S. The van der Waals surface area contributed by atoms with Gasteiger partial charge in [-0.3, -0.25) is 9.59 Å². The van der Waals surface area contributed by atoms with Crippen molar-refractivity contribution in [1.29, 1.82) is 0 Å². The number of hydrogen-bond acceptors (Lipinski definition) is 5. The maximum atomic E-state index is 12.1. The lowest BCUT2D eigenvalue weighted by Gasteiger charge is -2.11. The Kier molecular flexibility index (Phi) is 5.33. The molecule has 1 aromatic carbocycles. The largest absolute Gasteiger partial charge is 0.488 e. The van der Waals surface area contributed by atoms with Gasteiger partial charge in [-0.1, -0.05) is 32.0 Å². The number of ether oxygens (including phenoxy) is 1. The lowest BCUT2D eigenvalue weighted by atomic mass is 10.1. The molecule has 2 heterocycles. The van der Waals surface area contributed by atoms with Crippen LogP contribution in [0.3, 0.4) is 0 Å². The minimum Gasteiger partial charge on any atom is -0.488 e. The molecule has 6 nitrogen and oxygen atoms in total. The van der Waals surface area contributed by atoms with Gasteiger partial charge in [0.15, 0.2) is 5.13 Å². The van der Waals surface area contributed by atoms with E-state index in [9.17, 15) is 9.59 Å². The molecule has 132 valence electrons. The first-order valence-corrected chi connectivity index (χ1v) is 9.15. The average Bonchev–Trinajstić information content (AvgIpc) is 3.19. The minimum absolute atomic E-state index is 0.0299. The Labute approximate surface area is 150 Å². The smallest absolute Gasteiger partial charge is 0.228 e. The van der Waals surface area contributed by atoms with Crippen LogP contribution in [-0.4, -0.2) is 29.4 Å². The number of rotatable bonds is 6. The molecule has 1 aliphatic rings. The highest BCUT2D eigenvalue weighted by Crippen LogP contribution is 2.27. The monoisotopic (exact) mass is 359 g/mol. The number of nitrogens with one attached hydrogen (secondary N) is 2. The number of fused-ring (bicyclic) bond motifs is 1. The molecule has 3 rings (SSSR count). The van der Waals surface area contributed by atoms with Gasteiger partial charge in [0.25, 0.3) is 0 Å². The molecule has 7 heteroatoms. The van der Waals surface area contributed by atoms with Gasteiger partial charge in [-0.25, -0.2) is 4.98 Å². The Morgan fingerprint density at radius 1 is 1.36 bits per heavy atom. The van der Waals surface area contributed by atoms with E-state index in [2.05, 4.69) is 15.6 Å². The number of benzene rings is 1. The Morgan fingerprint density at radius 2 is 2.16 bits per heavy atom. The second kappa shape index (κ2) is 7.65. The number of anilines is 1. The summed E-state index contributed by atoms with van der Waals surface area (Å²) >= 11 is 1.32. The van der Waals surface area contributed by atoms with Crippen molar-refractivity contribution >= 4 is 28.3 Å². The molecule has 1 aliphatic heterocycles. The average molecular weight is 359 g/mol. The van der Waals surface area contributed by atoms with E-state index in [0.717, 1.165) is 12.2 Å². The number of aromatic nitrogens is 1. The van der Waals surface area contributed by atoms with Crippen molar-refractivity contribution < 1.29 is 14.3 Å². The molecule has 0 radical (unpaired) electrons. The Bertz CT molecular complexity index is 747. The van der Waals surface area contributed by atoms with Crippen molar-refractivity contribution in [2.24, 2.45) is 5.92 Å². The van der Waals surface area contributed by atoms with E-state index in [4.69, 9.17) is 4.74 Å². The maximum Gasteiger partial charge on any atom is 0.228 e. The van der Waals surface area contributed by atoms with E-state index in [0.29, 0.717) is 17.4 Å². The summed E-state index contributed by atoms with van der Waals surface area (Å²) in [4.78, 5) is 28.0. The Morgan fingerprint density at radius 3 is 2.92 bits per heavy atom. The molecule has 0 aliphatic carbocycles. The highest BCUT2D eigenvalue weighted by Gasteiger charge is 2.22. The van der Waals surface area contributed by atoms with Crippen LogP contribution in [0.2, 0.25) is 0 Å².